The number of rotatable bonds is 5. The van der Waals surface area contributed by atoms with E-state index in [0.29, 0.717) is 23.0 Å². The van der Waals surface area contributed by atoms with Crippen molar-refractivity contribution in [2.45, 2.75) is 19.9 Å². The minimum atomic E-state index is -0.682. The first-order chi connectivity index (χ1) is 16.3. The van der Waals surface area contributed by atoms with Crippen LogP contribution in [0.3, 0.4) is 0 Å². The van der Waals surface area contributed by atoms with Gasteiger partial charge in [0.2, 0.25) is 5.89 Å². The monoisotopic (exact) mass is 481 g/mol. The highest BCUT2D eigenvalue weighted by Gasteiger charge is 2.23. The summed E-state index contributed by atoms with van der Waals surface area (Å²) >= 11 is 6.32. The maximum Gasteiger partial charge on any atom is 0.267 e. The van der Waals surface area contributed by atoms with E-state index in [1.807, 2.05) is 0 Å². The van der Waals surface area contributed by atoms with E-state index in [1.165, 1.54) is 17.0 Å². The fraction of sp³-hybridized carbons (Fsp3) is 0.143. The molecule has 1 aromatic carbocycles. The molecule has 13 heteroatoms. The lowest BCUT2D eigenvalue weighted by Gasteiger charge is -2.21. The molecule has 5 aromatic rings. The number of pyridine rings is 1. The quantitative estimate of drug-likeness (QED) is 0.342. The van der Waals surface area contributed by atoms with Gasteiger partial charge in [0.1, 0.15) is 29.3 Å². The summed E-state index contributed by atoms with van der Waals surface area (Å²) in [6, 6.07) is 5.23. The minimum absolute atomic E-state index is 0.127. The third-order valence-corrected chi connectivity index (χ3v) is 5.57. The number of nitrogens with two attached hydrogens (primary N) is 1. The number of halogens is 2. The molecule has 0 aliphatic heterocycles. The van der Waals surface area contributed by atoms with Crippen LogP contribution in [-0.2, 0) is 0 Å². The van der Waals surface area contributed by atoms with E-state index in [4.69, 9.17) is 21.8 Å². The molecule has 0 aliphatic rings. The average molecular weight is 482 g/mol. The standard InChI is InChI=1S/C21H17ClFN9O2/c1-9(28-19-17(18(24)25-8-26-19)20-31-29-10(2)34-20)14-7-11-12(22)3-4-13(23)16(11)21(33)32(14)15-5-6-27-30-15/h3-9H,1-2H3,(H,27,30)(H3,24,25,26,28)/t9-/m0/s1. The minimum Gasteiger partial charge on any atom is -0.421 e. The maximum atomic E-state index is 14.6. The fourth-order valence-corrected chi connectivity index (χ4v) is 3.91. The normalized spacial score (nSPS) is 12.2. The van der Waals surface area contributed by atoms with Crippen LogP contribution in [0, 0.1) is 12.7 Å². The number of hydrogen-bond acceptors (Lipinski definition) is 9. The van der Waals surface area contributed by atoms with Crippen molar-refractivity contribution in [2.24, 2.45) is 0 Å². The van der Waals surface area contributed by atoms with Crippen molar-refractivity contribution in [3.63, 3.8) is 0 Å². The summed E-state index contributed by atoms with van der Waals surface area (Å²) in [5.74, 6) is 0.509. The van der Waals surface area contributed by atoms with Gasteiger partial charge in [-0.2, -0.15) is 5.10 Å². The van der Waals surface area contributed by atoms with Crippen LogP contribution in [0.5, 0.6) is 0 Å². The Morgan fingerprint density at radius 3 is 2.79 bits per heavy atom. The van der Waals surface area contributed by atoms with Gasteiger partial charge in [0, 0.05) is 29.6 Å². The Morgan fingerprint density at radius 2 is 2.09 bits per heavy atom. The molecule has 11 nitrogen and oxygen atoms in total. The maximum absolute atomic E-state index is 14.6. The summed E-state index contributed by atoms with van der Waals surface area (Å²) in [6.07, 6.45) is 2.84. The van der Waals surface area contributed by atoms with Crippen molar-refractivity contribution in [3.05, 3.63) is 69.6 Å². The molecular weight excluding hydrogens is 465 g/mol. The number of aryl methyl sites for hydroxylation is 1. The van der Waals surface area contributed by atoms with Gasteiger partial charge >= 0.3 is 0 Å². The molecule has 0 saturated heterocycles. The predicted molar refractivity (Wildman–Crippen MR) is 123 cm³/mol. The predicted octanol–water partition coefficient (Wildman–Crippen LogP) is 3.41. The van der Waals surface area contributed by atoms with Gasteiger partial charge in [-0.25, -0.2) is 14.4 Å². The van der Waals surface area contributed by atoms with Gasteiger partial charge in [-0.15, -0.1) is 10.2 Å². The number of nitrogen functional groups attached to an aromatic ring is 1. The van der Waals surface area contributed by atoms with E-state index in [1.54, 1.807) is 32.2 Å². The molecule has 0 bridgehead atoms. The number of nitrogens with one attached hydrogen (secondary N) is 2. The molecule has 34 heavy (non-hydrogen) atoms. The molecule has 0 radical (unpaired) electrons. The Balaban J connectivity index is 1.69. The largest absolute Gasteiger partial charge is 0.421 e. The van der Waals surface area contributed by atoms with Crippen LogP contribution in [0.25, 0.3) is 28.0 Å². The van der Waals surface area contributed by atoms with Crippen LogP contribution in [-0.4, -0.2) is 34.9 Å². The van der Waals surface area contributed by atoms with Gasteiger partial charge < -0.3 is 15.5 Å². The molecule has 0 unspecified atom stereocenters. The van der Waals surface area contributed by atoms with E-state index in [0.717, 1.165) is 6.07 Å². The van der Waals surface area contributed by atoms with Gasteiger partial charge in [0.05, 0.1) is 17.1 Å². The van der Waals surface area contributed by atoms with Gasteiger partial charge in [0.15, 0.2) is 5.82 Å². The van der Waals surface area contributed by atoms with Crippen molar-refractivity contribution < 1.29 is 8.81 Å². The van der Waals surface area contributed by atoms with Crippen LogP contribution >= 0.6 is 11.6 Å². The van der Waals surface area contributed by atoms with E-state index in [-0.39, 0.29) is 33.3 Å². The van der Waals surface area contributed by atoms with E-state index in [9.17, 15) is 9.18 Å². The number of H-pyrrole nitrogens is 1. The Morgan fingerprint density at radius 1 is 1.26 bits per heavy atom. The summed E-state index contributed by atoms with van der Waals surface area (Å²) < 4.78 is 21.5. The second-order valence-electron chi connectivity index (χ2n) is 7.43. The van der Waals surface area contributed by atoms with Crippen molar-refractivity contribution >= 4 is 34.0 Å². The van der Waals surface area contributed by atoms with Gasteiger partial charge in [0.25, 0.3) is 11.4 Å². The Bertz CT molecular complexity index is 1580. The lowest BCUT2D eigenvalue weighted by atomic mass is 10.1. The molecule has 0 fully saturated rings. The lowest BCUT2D eigenvalue weighted by molar-refractivity contribution is 0.532. The molecule has 0 aliphatic carbocycles. The van der Waals surface area contributed by atoms with E-state index < -0.39 is 17.4 Å². The van der Waals surface area contributed by atoms with Crippen LogP contribution < -0.4 is 16.6 Å². The SMILES string of the molecule is Cc1nnc(-c2c(N)ncnc2N[C@@H](C)c2cc3c(Cl)ccc(F)c3c(=O)n2-c2cc[nH]n2)o1. The second-order valence-corrected chi connectivity index (χ2v) is 7.84. The molecule has 0 saturated carbocycles. The third-order valence-electron chi connectivity index (χ3n) is 5.24. The molecule has 4 heterocycles. The molecule has 4 N–H and O–H groups in total. The smallest absolute Gasteiger partial charge is 0.267 e. The first-order valence-corrected chi connectivity index (χ1v) is 10.4. The van der Waals surface area contributed by atoms with Gasteiger partial charge in [-0.05, 0) is 25.1 Å². The van der Waals surface area contributed by atoms with Crippen LogP contribution in [0.15, 0.2) is 46.0 Å². The molecule has 0 spiro atoms. The topological polar surface area (TPSA) is 153 Å². The summed E-state index contributed by atoms with van der Waals surface area (Å²) in [4.78, 5) is 21.7. The Labute approximate surface area is 195 Å². The highest BCUT2D eigenvalue weighted by atomic mass is 35.5. The van der Waals surface area contributed by atoms with Crippen LogP contribution in [0.4, 0.5) is 16.0 Å². The highest BCUT2D eigenvalue weighted by molar-refractivity contribution is 6.35. The number of hydrogen-bond donors (Lipinski definition) is 3. The van der Waals surface area contributed by atoms with Crippen LogP contribution in [0.2, 0.25) is 5.02 Å². The first-order valence-electron chi connectivity index (χ1n) is 10.1. The number of fused-ring (bicyclic) bond motifs is 1. The van der Waals surface area contributed by atoms with Crippen molar-refractivity contribution in [3.8, 4) is 17.3 Å². The molecule has 0 amide bonds. The van der Waals surface area contributed by atoms with E-state index >= 15 is 0 Å². The molecule has 172 valence electrons. The van der Waals surface area contributed by atoms with Crippen LogP contribution in [0.1, 0.15) is 24.6 Å². The molecule has 5 rings (SSSR count). The summed E-state index contributed by atoms with van der Waals surface area (Å²) in [5.41, 5.74) is 6.22. The molecular formula is C21H17ClFN9O2. The lowest BCUT2D eigenvalue weighted by Crippen LogP contribution is -2.26. The summed E-state index contributed by atoms with van der Waals surface area (Å²) in [7, 11) is 0. The number of nitrogens with zero attached hydrogens (tertiary/aromatic N) is 6. The van der Waals surface area contributed by atoms with Crippen molar-refractivity contribution in [1.29, 1.82) is 0 Å². The zero-order valence-electron chi connectivity index (χ0n) is 17.9. The Hall–Kier alpha value is -4.32. The molecule has 4 aromatic heterocycles. The van der Waals surface area contributed by atoms with Crippen molar-refractivity contribution in [1.82, 2.24) is 34.9 Å². The van der Waals surface area contributed by atoms with Gasteiger partial charge in [-0.1, -0.05) is 11.6 Å². The van der Waals surface area contributed by atoms with Crippen molar-refractivity contribution in [2.75, 3.05) is 11.1 Å². The first kappa shape index (κ1) is 21.5. The average Bonchev–Trinajstić information content (AvgIpc) is 3.48. The number of benzene rings is 1. The van der Waals surface area contributed by atoms with E-state index in [2.05, 4.69) is 35.7 Å². The zero-order valence-corrected chi connectivity index (χ0v) is 18.6. The number of aromatic nitrogens is 7. The number of aromatic amines is 1. The van der Waals surface area contributed by atoms with Gasteiger partial charge in [-0.3, -0.25) is 14.5 Å². The Kier molecular flexibility index (Phi) is 5.21. The third kappa shape index (κ3) is 3.53. The summed E-state index contributed by atoms with van der Waals surface area (Å²) in [5, 5.41) is 18.2. The summed E-state index contributed by atoms with van der Waals surface area (Å²) in [6.45, 7) is 3.44. The fourth-order valence-electron chi connectivity index (χ4n) is 3.70. The number of anilines is 2. The second kappa shape index (κ2) is 8.23. The zero-order chi connectivity index (χ0) is 24.0. The highest BCUT2D eigenvalue weighted by Crippen LogP contribution is 2.33. The molecule has 1 atom stereocenters.